The van der Waals surface area contributed by atoms with E-state index in [0.29, 0.717) is 12.5 Å². The highest BCUT2D eigenvalue weighted by molar-refractivity contribution is 5.81. The zero-order valence-electron chi connectivity index (χ0n) is 14.7. The van der Waals surface area contributed by atoms with E-state index in [1.165, 1.54) is 0 Å². The Morgan fingerprint density at radius 3 is 1.77 bits per heavy atom. The van der Waals surface area contributed by atoms with Gasteiger partial charge in [0.25, 0.3) is 0 Å². The smallest absolute Gasteiger partial charge is 0.222 e. The van der Waals surface area contributed by atoms with Gasteiger partial charge in [0.15, 0.2) is 0 Å². The molecule has 22 heavy (non-hydrogen) atoms. The predicted molar refractivity (Wildman–Crippen MR) is 87.1 cm³/mol. The summed E-state index contributed by atoms with van der Waals surface area (Å²) in [5.41, 5.74) is 0. The molecule has 0 saturated carbocycles. The summed E-state index contributed by atoms with van der Waals surface area (Å²) in [6.45, 7) is 12.1. The van der Waals surface area contributed by atoms with Crippen molar-refractivity contribution in [3.63, 3.8) is 0 Å². The van der Waals surface area contributed by atoms with Crippen LogP contribution >= 0.6 is 0 Å². The molecule has 0 aromatic rings. The summed E-state index contributed by atoms with van der Waals surface area (Å²) < 4.78 is 0. The Morgan fingerprint density at radius 1 is 0.773 bits per heavy atom. The first-order chi connectivity index (χ1) is 10.1. The number of nitrogens with one attached hydrogen (secondary N) is 3. The Morgan fingerprint density at radius 2 is 1.32 bits per heavy atom. The van der Waals surface area contributed by atoms with Crippen LogP contribution in [-0.4, -0.2) is 36.9 Å². The molecule has 1 atom stereocenters. The molecule has 0 aliphatic carbocycles. The third-order valence-electron chi connectivity index (χ3n) is 3.06. The van der Waals surface area contributed by atoms with Crippen molar-refractivity contribution in [2.24, 2.45) is 17.8 Å². The van der Waals surface area contributed by atoms with E-state index in [1.54, 1.807) is 27.7 Å². The summed E-state index contributed by atoms with van der Waals surface area (Å²) in [4.78, 5) is 35.4. The molecule has 3 amide bonds. The maximum atomic E-state index is 11.9. The van der Waals surface area contributed by atoms with Crippen LogP contribution in [0.1, 0.15) is 48.0 Å². The van der Waals surface area contributed by atoms with Crippen molar-refractivity contribution in [1.82, 2.24) is 16.0 Å². The Kier molecular flexibility index (Phi) is 9.45. The van der Waals surface area contributed by atoms with E-state index < -0.39 is 6.04 Å². The Balaban J connectivity index is 4.54. The lowest BCUT2D eigenvalue weighted by atomic mass is 10.1. The molecule has 6 nitrogen and oxygen atoms in total. The fraction of sp³-hybridized carbons (Fsp3) is 0.812. The van der Waals surface area contributed by atoms with Gasteiger partial charge in [-0.15, -0.1) is 0 Å². The molecular weight excluding hydrogens is 282 g/mol. The van der Waals surface area contributed by atoms with Gasteiger partial charge in [0.05, 0.1) is 6.04 Å². The highest BCUT2D eigenvalue weighted by atomic mass is 16.2. The molecule has 0 heterocycles. The molecular formula is C16H31N3O3. The molecule has 0 radical (unpaired) electrons. The molecule has 128 valence electrons. The first-order valence-corrected chi connectivity index (χ1v) is 7.98. The number of rotatable bonds is 9. The van der Waals surface area contributed by atoms with E-state index >= 15 is 0 Å². The lowest BCUT2D eigenvalue weighted by Gasteiger charge is -2.21. The minimum atomic E-state index is -0.398. The summed E-state index contributed by atoms with van der Waals surface area (Å²) >= 11 is 0. The van der Waals surface area contributed by atoms with Gasteiger partial charge in [-0.2, -0.15) is 0 Å². The Bertz CT molecular complexity index is 379. The molecule has 0 aromatic carbocycles. The van der Waals surface area contributed by atoms with Crippen molar-refractivity contribution in [2.75, 3.05) is 13.1 Å². The maximum Gasteiger partial charge on any atom is 0.222 e. The van der Waals surface area contributed by atoms with Crippen LogP contribution in [0.5, 0.6) is 0 Å². The van der Waals surface area contributed by atoms with Gasteiger partial charge >= 0.3 is 0 Å². The van der Waals surface area contributed by atoms with E-state index in [1.807, 2.05) is 13.8 Å². The van der Waals surface area contributed by atoms with Gasteiger partial charge in [0.2, 0.25) is 17.7 Å². The standard InChI is InChI=1S/C16H31N3O3/c1-10(2)8-17-14(20)7-13(19-16(22)12(5)6)9-18-15(21)11(3)4/h10-13H,7-9H2,1-6H3,(H,17,20)(H,18,21)(H,19,22). The van der Waals surface area contributed by atoms with E-state index in [-0.39, 0.29) is 42.5 Å². The molecule has 0 spiro atoms. The second kappa shape index (κ2) is 10.2. The first-order valence-electron chi connectivity index (χ1n) is 7.98. The SMILES string of the molecule is CC(C)CNC(=O)CC(CNC(=O)C(C)C)NC(=O)C(C)C. The zero-order chi connectivity index (χ0) is 17.3. The molecule has 0 rings (SSSR count). The van der Waals surface area contributed by atoms with Gasteiger partial charge in [-0.25, -0.2) is 0 Å². The Labute approximate surface area is 133 Å². The number of hydrogen-bond donors (Lipinski definition) is 3. The molecule has 0 aliphatic rings. The molecule has 3 N–H and O–H groups in total. The highest BCUT2D eigenvalue weighted by Gasteiger charge is 2.19. The van der Waals surface area contributed by atoms with E-state index in [2.05, 4.69) is 16.0 Å². The second-order valence-corrected chi connectivity index (χ2v) is 6.66. The topological polar surface area (TPSA) is 87.3 Å². The minimum Gasteiger partial charge on any atom is -0.356 e. The zero-order valence-corrected chi connectivity index (χ0v) is 14.7. The van der Waals surface area contributed by atoms with Crippen molar-refractivity contribution in [2.45, 2.75) is 54.0 Å². The fourth-order valence-corrected chi connectivity index (χ4v) is 1.58. The molecule has 0 aliphatic heterocycles. The summed E-state index contributed by atoms with van der Waals surface area (Å²) in [6, 6.07) is -0.398. The third kappa shape index (κ3) is 9.37. The normalized spacial score (nSPS) is 12.4. The van der Waals surface area contributed by atoms with Gasteiger partial charge < -0.3 is 16.0 Å². The molecule has 1 unspecified atom stereocenters. The van der Waals surface area contributed by atoms with Crippen LogP contribution in [0.15, 0.2) is 0 Å². The van der Waals surface area contributed by atoms with Gasteiger partial charge in [-0.1, -0.05) is 41.5 Å². The number of carbonyl (C=O) groups excluding carboxylic acids is 3. The lowest BCUT2D eigenvalue weighted by Crippen LogP contribution is -2.48. The summed E-state index contributed by atoms with van der Waals surface area (Å²) in [5.74, 6) is -0.264. The second-order valence-electron chi connectivity index (χ2n) is 6.66. The fourth-order valence-electron chi connectivity index (χ4n) is 1.58. The number of amides is 3. The summed E-state index contributed by atoms with van der Waals surface area (Å²) in [5, 5.41) is 8.40. The number of hydrogen-bond acceptors (Lipinski definition) is 3. The molecule has 6 heteroatoms. The molecule has 0 aromatic heterocycles. The van der Waals surface area contributed by atoms with Crippen LogP contribution in [0.25, 0.3) is 0 Å². The van der Waals surface area contributed by atoms with Crippen LogP contribution < -0.4 is 16.0 Å². The predicted octanol–water partition coefficient (Wildman–Crippen LogP) is 1.06. The van der Waals surface area contributed by atoms with E-state index in [0.717, 1.165) is 0 Å². The van der Waals surface area contributed by atoms with E-state index in [9.17, 15) is 14.4 Å². The van der Waals surface area contributed by atoms with Crippen molar-refractivity contribution >= 4 is 17.7 Å². The van der Waals surface area contributed by atoms with Crippen molar-refractivity contribution in [1.29, 1.82) is 0 Å². The van der Waals surface area contributed by atoms with Gasteiger partial charge in [-0.05, 0) is 5.92 Å². The third-order valence-corrected chi connectivity index (χ3v) is 3.06. The average molecular weight is 313 g/mol. The van der Waals surface area contributed by atoms with Crippen LogP contribution in [0.3, 0.4) is 0 Å². The van der Waals surface area contributed by atoms with Gasteiger partial charge in [0.1, 0.15) is 0 Å². The largest absolute Gasteiger partial charge is 0.356 e. The Hall–Kier alpha value is -1.59. The summed E-state index contributed by atoms with van der Waals surface area (Å²) in [7, 11) is 0. The quantitative estimate of drug-likeness (QED) is 0.595. The van der Waals surface area contributed by atoms with Gasteiger partial charge in [0, 0.05) is 31.3 Å². The minimum absolute atomic E-state index is 0.0913. The van der Waals surface area contributed by atoms with Crippen LogP contribution in [0.2, 0.25) is 0 Å². The van der Waals surface area contributed by atoms with Crippen molar-refractivity contribution < 1.29 is 14.4 Å². The van der Waals surface area contributed by atoms with Crippen molar-refractivity contribution in [3.05, 3.63) is 0 Å². The average Bonchev–Trinajstić information content (AvgIpc) is 2.41. The maximum absolute atomic E-state index is 11.9. The lowest BCUT2D eigenvalue weighted by molar-refractivity contribution is -0.127. The first kappa shape index (κ1) is 20.4. The molecule has 0 saturated heterocycles. The monoisotopic (exact) mass is 313 g/mol. The highest BCUT2D eigenvalue weighted by Crippen LogP contribution is 1.99. The van der Waals surface area contributed by atoms with Crippen LogP contribution in [0, 0.1) is 17.8 Å². The van der Waals surface area contributed by atoms with Crippen LogP contribution in [0.4, 0.5) is 0 Å². The molecule has 0 fully saturated rings. The van der Waals surface area contributed by atoms with Gasteiger partial charge in [-0.3, -0.25) is 14.4 Å². The van der Waals surface area contributed by atoms with Crippen LogP contribution in [-0.2, 0) is 14.4 Å². The molecule has 0 bridgehead atoms. The summed E-state index contributed by atoms with van der Waals surface area (Å²) in [6.07, 6.45) is 0.156. The van der Waals surface area contributed by atoms with Crippen molar-refractivity contribution in [3.8, 4) is 0 Å². The number of carbonyl (C=O) groups is 3. The van der Waals surface area contributed by atoms with E-state index in [4.69, 9.17) is 0 Å².